The second kappa shape index (κ2) is 10.2. The van der Waals surface area contributed by atoms with E-state index in [9.17, 15) is 14.4 Å². The van der Waals surface area contributed by atoms with Crippen molar-refractivity contribution in [1.29, 1.82) is 0 Å². The molecule has 0 aromatic heterocycles. The average molecular weight is 408 g/mol. The van der Waals surface area contributed by atoms with Crippen molar-refractivity contribution in [3.05, 3.63) is 59.7 Å². The van der Waals surface area contributed by atoms with Crippen LogP contribution in [0.5, 0.6) is 11.5 Å². The van der Waals surface area contributed by atoms with E-state index in [2.05, 4.69) is 0 Å². The van der Waals surface area contributed by atoms with Crippen LogP contribution >= 0.6 is 0 Å². The van der Waals surface area contributed by atoms with Gasteiger partial charge in [0.1, 0.15) is 17.3 Å². The summed E-state index contributed by atoms with van der Waals surface area (Å²) in [6, 6.07) is 14.1. The maximum atomic E-state index is 12.7. The molecule has 1 aliphatic rings. The van der Waals surface area contributed by atoms with Gasteiger partial charge in [0.25, 0.3) is 0 Å². The first kappa shape index (κ1) is 21.8. The zero-order valence-electron chi connectivity index (χ0n) is 17.6. The first-order valence-electron chi connectivity index (χ1n) is 10.4. The molecule has 2 atom stereocenters. The Labute approximate surface area is 177 Å². The summed E-state index contributed by atoms with van der Waals surface area (Å²) >= 11 is 0. The molecule has 0 aliphatic heterocycles. The van der Waals surface area contributed by atoms with Gasteiger partial charge in [0, 0.05) is 35.8 Å². The van der Waals surface area contributed by atoms with Crippen LogP contribution in [0.2, 0.25) is 0 Å². The van der Waals surface area contributed by atoms with Crippen LogP contribution < -0.4 is 9.47 Å². The molecule has 0 heterocycles. The van der Waals surface area contributed by atoms with Crippen molar-refractivity contribution in [2.75, 3.05) is 14.2 Å². The van der Waals surface area contributed by atoms with Gasteiger partial charge in [-0.15, -0.1) is 0 Å². The van der Waals surface area contributed by atoms with Crippen LogP contribution in [0.3, 0.4) is 0 Å². The number of methoxy groups -OCH3 is 2. The highest BCUT2D eigenvalue weighted by Gasteiger charge is 2.34. The number of carbonyl (C=O) groups is 3. The van der Waals surface area contributed by atoms with Crippen molar-refractivity contribution in [3.8, 4) is 11.5 Å². The summed E-state index contributed by atoms with van der Waals surface area (Å²) in [6.07, 6.45) is 3.48. The second-order valence-electron chi connectivity index (χ2n) is 7.75. The fourth-order valence-corrected chi connectivity index (χ4v) is 4.05. The lowest BCUT2D eigenvalue weighted by Crippen LogP contribution is -2.16. The minimum atomic E-state index is -0.0757. The smallest absolute Gasteiger partial charge is 0.162 e. The zero-order chi connectivity index (χ0) is 21.5. The van der Waals surface area contributed by atoms with Gasteiger partial charge in [-0.3, -0.25) is 14.4 Å². The molecular weight excluding hydrogens is 380 g/mol. The SMILES string of the molecule is COc1ccc(C(=O)CC[C@@H]2CC[C@H](CCC(=O)c3ccc(OC)cc3)C2=O)cc1. The minimum absolute atomic E-state index is 0.0450. The molecule has 2 aromatic rings. The molecule has 30 heavy (non-hydrogen) atoms. The molecule has 1 saturated carbocycles. The van der Waals surface area contributed by atoms with Crippen LogP contribution in [0.25, 0.3) is 0 Å². The Morgan fingerprint density at radius 3 is 1.43 bits per heavy atom. The standard InChI is InChI=1S/C25H28O5/c1-29-21-11-5-17(6-12-21)23(26)15-9-19-3-4-20(25(19)28)10-16-24(27)18-7-13-22(30-2)14-8-18/h5-8,11-14,19-20H,3-4,9-10,15-16H2,1-2H3/t19-,20+. The number of ketones is 3. The Balaban J connectivity index is 1.45. The van der Waals surface area contributed by atoms with Crippen molar-refractivity contribution in [2.45, 2.75) is 38.5 Å². The van der Waals surface area contributed by atoms with E-state index in [1.165, 1.54) is 0 Å². The summed E-state index contributed by atoms with van der Waals surface area (Å²) in [5.41, 5.74) is 1.28. The van der Waals surface area contributed by atoms with E-state index < -0.39 is 0 Å². The third-order valence-electron chi connectivity index (χ3n) is 5.93. The Kier molecular flexibility index (Phi) is 7.39. The Morgan fingerprint density at radius 2 is 1.10 bits per heavy atom. The molecule has 5 heteroatoms. The lowest BCUT2D eigenvalue weighted by molar-refractivity contribution is -0.124. The molecule has 5 nitrogen and oxygen atoms in total. The van der Waals surface area contributed by atoms with E-state index in [0.717, 1.165) is 12.8 Å². The molecule has 0 spiro atoms. The zero-order valence-corrected chi connectivity index (χ0v) is 17.6. The highest BCUT2D eigenvalue weighted by Crippen LogP contribution is 2.34. The summed E-state index contributed by atoms with van der Waals surface area (Å²) in [5.74, 6) is 1.57. The lowest BCUT2D eigenvalue weighted by Gasteiger charge is -2.11. The van der Waals surface area contributed by atoms with Crippen LogP contribution in [0.4, 0.5) is 0 Å². The maximum Gasteiger partial charge on any atom is 0.162 e. The second-order valence-corrected chi connectivity index (χ2v) is 7.75. The molecule has 0 N–H and O–H groups in total. The van der Waals surface area contributed by atoms with Gasteiger partial charge in [0.15, 0.2) is 11.6 Å². The Morgan fingerprint density at radius 1 is 0.733 bits per heavy atom. The summed E-state index contributed by atoms with van der Waals surface area (Å²) in [5, 5.41) is 0. The lowest BCUT2D eigenvalue weighted by atomic mass is 9.92. The molecule has 158 valence electrons. The Bertz CT molecular complexity index is 809. The molecule has 3 rings (SSSR count). The molecule has 1 aliphatic carbocycles. The van der Waals surface area contributed by atoms with Gasteiger partial charge in [-0.2, -0.15) is 0 Å². The Hall–Kier alpha value is -2.95. The number of hydrogen-bond donors (Lipinski definition) is 0. The average Bonchev–Trinajstić information content (AvgIpc) is 3.15. The van der Waals surface area contributed by atoms with Crippen molar-refractivity contribution in [3.63, 3.8) is 0 Å². The topological polar surface area (TPSA) is 69.7 Å². The van der Waals surface area contributed by atoms with Crippen LogP contribution in [0.15, 0.2) is 48.5 Å². The van der Waals surface area contributed by atoms with Gasteiger partial charge in [0.2, 0.25) is 0 Å². The highest BCUT2D eigenvalue weighted by molar-refractivity contribution is 5.97. The number of benzene rings is 2. The molecule has 0 unspecified atom stereocenters. The molecule has 2 aromatic carbocycles. The molecule has 0 radical (unpaired) electrons. The normalized spacial score (nSPS) is 18.3. The summed E-state index contributed by atoms with van der Waals surface area (Å²) in [4.78, 5) is 37.5. The van der Waals surface area contributed by atoms with E-state index in [-0.39, 0.29) is 29.2 Å². The fraction of sp³-hybridized carbons (Fsp3) is 0.400. The van der Waals surface area contributed by atoms with Gasteiger partial charge in [-0.25, -0.2) is 0 Å². The summed E-state index contributed by atoms with van der Waals surface area (Å²) < 4.78 is 10.2. The number of Topliss-reactive ketones (excluding diaryl/α,β-unsaturated/α-hetero) is 3. The summed E-state index contributed by atoms with van der Waals surface area (Å²) in [6.45, 7) is 0. The van der Waals surface area contributed by atoms with Gasteiger partial charge < -0.3 is 9.47 Å². The third kappa shape index (κ3) is 5.35. The van der Waals surface area contributed by atoms with E-state index in [0.29, 0.717) is 48.3 Å². The minimum Gasteiger partial charge on any atom is -0.497 e. The molecule has 0 saturated heterocycles. The number of hydrogen-bond acceptors (Lipinski definition) is 5. The van der Waals surface area contributed by atoms with Crippen LogP contribution in [-0.4, -0.2) is 31.6 Å². The van der Waals surface area contributed by atoms with Crippen LogP contribution in [0.1, 0.15) is 59.2 Å². The van der Waals surface area contributed by atoms with Crippen molar-refractivity contribution >= 4 is 17.3 Å². The molecule has 1 fully saturated rings. The quantitative estimate of drug-likeness (QED) is 0.522. The van der Waals surface area contributed by atoms with Crippen LogP contribution in [0, 0.1) is 11.8 Å². The summed E-state index contributed by atoms with van der Waals surface area (Å²) in [7, 11) is 3.17. The van der Waals surface area contributed by atoms with E-state index in [4.69, 9.17) is 9.47 Å². The first-order valence-corrected chi connectivity index (χ1v) is 10.4. The van der Waals surface area contributed by atoms with Crippen LogP contribution in [-0.2, 0) is 4.79 Å². The third-order valence-corrected chi connectivity index (χ3v) is 5.93. The number of rotatable bonds is 10. The predicted octanol–water partition coefficient (Wildman–Crippen LogP) is 4.93. The van der Waals surface area contributed by atoms with Gasteiger partial charge >= 0.3 is 0 Å². The predicted molar refractivity (Wildman–Crippen MR) is 114 cm³/mol. The van der Waals surface area contributed by atoms with Crippen molar-refractivity contribution in [1.82, 2.24) is 0 Å². The number of ether oxygens (including phenoxy) is 2. The highest BCUT2D eigenvalue weighted by atomic mass is 16.5. The molecule has 0 amide bonds. The first-order chi connectivity index (χ1) is 14.5. The fourth-order valence-electron chi connectivity index (χ4n) is 4.05. The largest absolute Gasteiger partial charge is 0.497 e. The molecule has 0 bridgehead atoms. The monoisotopic (exact) mass is 408 g/mol. The number of carbonyl (C=O) groups excluding carboxylic acids is 3. The van der Waals surface area contributed by atoms with E-state index in [1.54, 1.807) is 62.8 Å². The van der Waals surface area contributed by atoms with E-state index >= 15 is 0 Å². The van der Waals surface area contributed by atoms with Gasteiger partial charge in [0.05, 0.1) is 14.2 Å². The van der Waals surface area contributed by atoms with Gasteiger partial charge in [-0.05, 0) is 74.2 Å². The van der Waals surface area contributed by atoms with Crippen molar-refractivity contribution in [2.24, 2.45) is 11.8 Å². The van der Waals surface area contributed by atoms with Gasteiger partial charge in [-0.1, -0.05) is 0 Å². The molecular formula is C25H28O5. The van der Waals surface area contributed by atoms with Crippen molar-refractivity contribution < 1.29 is 23.9 Å². The maximum absolute atomic E-state index is 12.7. The van der Waals surface area contributed by atoms with E-state index in [1.807, 2.05) is 0 Å².